The fourth-order valence-corrected chi connectivity index (χ4v) is 2.38. The molecule has 116 valence electrons. The Hall–Kier alpha value is -2.47. The molecule has 0 aliphatic rings. The van der Waals surface area contributed by atoms with E-state index < -0.39 is 0 Å². The lowest BCUT2D eigenvalue weighted by atomic mass is 10.2. The molecular weight excluding hydrogens is 359 g/mol. The summed E-state index contributed by atoms with van der Waals surface area (Å²) in [5, 5.41) is 6.19. The molecule has 0 radical (unpaired) electrons. The lowest BCUT2D eigenvalue weighted by molar-refractivity contribution is 0.628. The maximum atomic E-state index is 13.2. The van der Waals surface area contributed by atoms with Crippen molar-refractivity contribution < 1.29 is 4.39 Å². The molecule has 0 amide bonds. The van der Waals surface area contributed by atoms with Crippen molar-refractivity contribution in [1.29, 1.82) is 0 Å². The molecule has 1 heterocycles. The van der Waals surface area contributed by atoms with Crippen LogP contribution in [0.15, 0.2) is 59.2 Å². The number of hydrogen-bond donors (Lipinski definition) is 2. The van der Waals surface area contributed by atoms with Crippen molar-refractivity contribution in [3.63, 3.8) is 0 Å². The van der Waals surface area contributed by atoms with Crippen molar-refractivity contribution in [2.24, 2.45) is 0 Å². The van der Waals surface area contributed by atoms with Gasteiger partial charge in [-0.05, 0) is 48.9 Å². The van der Waals surface area contributed by atoms with Gasteiger partial charge in [0, 0.05) is 22.0 Å². The van der Waals surface area contributed by atoms with E-state index in [0.717, 1.165) is 15.7 Å². The zero-order chi connectivity index (χ0) is 16.2. The Morgan fingerprint density at radius 1 is 1.00 bits per heavy atom. The van der Waals surface area contributed by atoms with Gasteiger partial charge in [-0.1, -0.05) is 28.1 Å². The Balaban J connectivity index is 1.78. The van der Waals surface area contributed by atoms with Gasteiger partial charge >= 0.3 is 0 Å². The lowest BCUT2D eigenvalue weighted by Crippen LogP contribution is -2.00. The highest BCUT2D eigenvalue weighted by Gasteiger charge is 2.03. The minimum atomic E-state index is -0.311. The van der Waals surface area contributed by atoms with E-state index in [-0.39, 0.29) is 5.82 Å². The second kappa shape index (κ2) is 6.75. The van der Waals surface area contributed by atoms with Crippen molar-refractivity contribution in [3.8, 4) is 0 Å². The number of anilines is 4. The first-order chi connectivity index (χ1) is 11.1. The Kier molecular flexibility index (Phi) is 4.52. The van der Waals surface area contributed by atoms with Gasteiger partial charge in [0.05, 0.1) is 0 Å². The van der Waals surface area contributed by atoms with Crippen LogP contribution < -0.4 is 10.6 Å². The van der Waals surface area contributed by atoms with E-state index in [1.807, 2.05) is 25.1 Å². The number of halogens is 2. The smallest absolute Gasteiger partial charge is 0.229 e. The summed E-state index contributed by atoms with van der Waals surface area (Å²) >= 11 is 3.50. The molecule has 2 N–H and O–H groups in total. The van der Waals surface area contributed by atoms with Crippen LogP contribution in [-0.4, -0.2) is 9.97 Å². The SMILES string of the molecule is Cc1ccc(Nc2ccnc(Nc3cccc(F)c3)n2)cc1Br. The van der Waals surface area contributed by atoms with Gasteiger partial charge in [0.2, 0.25) is 5.95 Å². The molecule has 0 aliphatic heterocycles. The number of hydrogen-bond acceptors (Lipinski definition) is 4. The number of aromatic nitrogens is 2. The van der Waals surface area contributed by atoms with Crippen LogP contribution >= 0.6 is 15.9 Å². The summed E-state index contributed by atoms with van der Waals surface area (Å²) in [5.41, 5.74) is 2.67. The van der Waals surface area contributed by atoms with Crippen molar-refractivity contribution in [2.75, 3.05) is 10.6 Å². The van der Waals surface area contributed by atoms with E-state index in [0.29, 0.717) is 17.5 Å². The summed E-state index contributed by atoms with van der Waals surface area (Å²) in [6, 6.07) is 13.9. The first-order valence-corrected chi connectivity index (χ1v) is 7.78. The Morgan fingerprint density at radius 2 is 1.83 bits per heavy atom. The number of nitrogens with one attached hydrogen (secondary N) is 2. The first-order valence-electron chi connectivity index (χ1n) is 6.99. The summed E-state index contributed by atoms with van der Waals surface area (Å²) < 4.78 is 14.2. The predicted molar refractivity (Wildman–Crippen MR) is 93.9 cm³/mol. The van der Waals surface area contributed by atoms with E-state index in [4.69, 9.17) is 0 Å². The van der Waals surface area contributed by atoms with E-state index in [9.17, 15) is 4.39 Å². The first kappa shape index (κ1) is 15.4. The number of aryl methyl sites for hydroxylation is 1. The predicted octanol–water partition coefficient (Wildman–Crippen LogP) is 5.17. The standard InChI is InChI=1S/C17H14BrFN4/c1-11-5-6-14(10-15(11)18)21-16-7-8-20-17(23-16)22-13-4-2-3-12(19)9-13/h2-10H,1H3,(H2,20,21,22,23). The monoisotopic (exact) mass is 372 g/mol. The van der Waals surface area contributed by atoms with Gasteiger partial charge in [-0.2, -0.15) is 4.98 Å². The second-order valence-electron chi connectivity index (χ2n) is 4.99. The molecule has 0 bridgehead atoms. The molecular formula is C17H14BrFN4. The van der Waals surface area contributed by atoms with E-state index in [1.54, 1.807) is 24.4 Å². The van der Waals surface area contributed by atoms with Crippen molar-refractivity contribution in [3.05, 3.63) is 70.6 Å². The van der Waals surface area contributed by atoms with Crippen LogP contribution in [0.5, 0.6) is 0 Å². The van der Waals surface area contributed by atoms with Gasteiger partial charge < -0.3 is 10.6 Å². The quantitative estimate of drug-likeness (QED) is 0.662. The average Bonchev–Trinajstić information content (AvgIpc) is 2.51. The molecule has 4 nitrogen and oxygen atoms in total. The maximum absolute atomic E-state index is 13.2. The minimum Gasteiger partial charge on any atom is -0.340 e. The van der Waals surface area contributed by atoms with Crippen molar-refractivity contribution >= 4 is 39.1 Å². The van der Waals surface area contributed by atoms with Gasteiger partial charge in [-0.3, -0.25) is 0 Å². The Morgan fingerprint density at radius 3 is 2.61 bits per heavy atom. The normalized spacial score (nSPS) is 10.4. The molecule has 23 heavy (non-hydrogen) atoms. The Labute approximate surface area is 141 Å². The molecule has 1 aromatic heterocycles. The second-order valence-corrected chi connectivity index (χ2v) is 5.84. The Bertz CT molecular complexity index is 838. The fourth-order valence-electron chi connectivity index (χ4n) is 2.00. The highest BCUT2D eigenvalue weighted by atomic mass is 79.9. The highest BCUT2D eigenvalue weighted by molar-refractivity contribution is 9.10. The average molecular weight is 373 g/mol. The van der Waals surface area contributed by atoms with Crippen LogP contribution in [0.4, 0.5) is 27.5 Å². The molecule has 3 aromatic rings. The van der Waals surface area contributed by atoms with Gasteiger partial charge in [0.1, 0.15) is 11.6 Å². The molecule has 0 unspecified atom stereocenters. The molecule has 0 saturated heterocycles. The third kappa shape index (κ3) is 4.04. The lowest BCUT2D eigenvalue weighted by Gasteiger charge is -2.09. The fraction of sp³-hybridized carbons (Fsp3) is 0.0588. The molecule has 2 aromatic carbocycles. The van der Waals surface area contributed by atoms with Gasteiger partial charge in [-0.15, -0.1) is 0 Å². The van der Waals surface area contributed by atoms with Crippen LogP contribution in [0.25, 0.3) is 0 Å². The van der Waals surface area contributed by atoms with E-state index in [1.165, 1.54) is 12.1 Å². The number of nitrogens with zero attached hydrogens (tertiary/aromatic N) is 2. The molecule has 0 fully saturated rings. The number of rotatable bonds is 4. The van der Waals surface area contributed by atoms with E-state index >= 15 is 0 Å². The maximum Gasteiger partial charge on any atom is 0.229 e. The zero-order valence-electron chi connectivity index (χ0n) is 12.3. The van der Waals surface area contributed by atoms with Gasteiger partial charge in [0.15, 0.2) is 0 Å². The van der Waals surface area contributed by atoms with Crippen LogP contribution in [0, 0.1) is 12.7 Å². The topological polar surface area (TPSA) is 49.8 Å². The molecule has 0 aliphatic carbocycles. The summed E-state index contributed by atoms with van der Waals surface area (Å²) in [6.45, 7) is 2.03. The van der Waals surface area contributed by atoms with E-state index in [2.05, 4.69) is 36.5 Å². The molecule has 0 saturated carbocycles. The van der Waals surface area contributed by atoms with Crippen molar-refractivity contribution in [2.45, 2.75) is 6.92 Å². The molecule has 6 heteroatoms. The molecule has 0 spiro atoms. The van der Waals surface area contributed by atoms with Crippen LogP contribution in [-0.2, 0) is 0 Å². The molecule has 3 rings (SSSR count). The van der Waals surface area contributed by atoms with Gasteiger partial charge in [-0.25, -0.2) is 9.37 Å². The zero-order valence-corrected chi connectivity index (χ0v) is 13.9. The largest absolute Gasteiger partial charge is 0.340 e. The van der Waals surface area contributed by atoms with Crippen LogP contribution in [0.2, 0.25) is 0 Å². The summed E-state index contributed by atoms with van der Waals surface area (Å²) in [5.74, 6) is 0.732. The summed E-state index contributed by atoms with van der Waals surface area (Å²) in [7, 11) is 0. The van der Waals surface area contributed by atoms with Crippen LogP contribution in [0.1, 0.15) is 5.56 Å². The highest BCUT2D eigenvalue weighted by Crippen LogP contribution is 2.23. The molecule has 0 atom stereocenters. The minimum absolute atomic E-state index is 0.311. The summed E-state index contributed by atoms with van der Waals surface area (Å²) in [6.07, 6.45) is 1.64. The van der Waals surface area contributed by atoms with Gasteiger partial charge in [0.25, 0.3) is 0 Å². The summed E-state index contributed by atoms with van der Waals surface area (Å²) in [4.78, 5) is 8.52. The van der Waals surface area contributed by atoms with Crippen LogP contribution in [0.3, 0.4) is 0 Å². The van der Waals surface area contributed by atoms with Crippen molar-refractivity contribution in [1.82, 2.24) is 9.97 Å². The third-order valence-corrected chi connectivity index (χ3v) is 4.03. The number of benzene rings is 2. The third-order valence-electron chi connectivity index (χ3n) is 3.18.